The molecule has 1 amide bonds. The molecule has 2 saturated heterocycles. The smallest absolute Gasteiger partial charge is 0.338 e. The van der Waals surface area contributed by atoms with E-state index in [-0.39, 0.29) is 32.0 Å². The molecule has 210 valence electrons. The van der Waals surface area contributed by atoms with Crippen LogP contribution in [-0.2, 0) is 47.0 Å². The summed E-state index contributed by atoms with van der Waals surface area (Å²) in [5, 5.41) is 24.8. The Morgan fingerprint density at radius 3 is 2.79 bits per heavy atom. The number of carbonyl (C=O) groups excluding carboxylic acids is 3. The molecule has 11 nitrogen and oxygen atoms in total. The van der Waals surface area contributed by atoms with Crippen molar-refractivity contribution in [2.75, 3.05) is 20.1 Å². The number of likely N-dealkylation sites (N-methyl/N-ethyl adjacent to an activating group) is 1. The van der Waals surface area contributed by atoms with Gasteiger partial charge in [0.1, 0.15) is 11.5 Å². The average Bonchev–Trinajstić information content (AvgIpc) is 3.35. The number of nitrogens with one attached hydrogen (secondary N) is 1. The van der Waals surface area contributed by atoms with Crippen LogP contribution in [0.5, 0.6) is 5.75 Å². The topological polar surface area (TPSA) is 144 Å². The first kappa shape index (κ1) is 26.2. The number of benzene rings is 1. The van der Waals surface area contributed by atoms with Gasteiger partial charge in [0.15, 0.2) is 12.2 Å². The van der Waals surface area contributed by atoms with Gasteiger partial charge in [-0.2, -0.15) is 0 Å². The summed E-state index contributed by atoms with van der Waals surface area (Å²) in [5.41, 5.74) is 0.749. The largest absolute Gasteiger partial charge is 0.481 e. The second-order valence-electron chi connectivity index (χ2n) is 11.6. The predicted octanol–water partition coefficient (Wildman–Crippen LogP) is 0.574. The zero-order valence-corrected chi connectivity index (χ0v) is 22.3. The van der Waals surface area contributed by atoms with Crippen LogP contribution in [0.25, 0.3) is 0 Å². The number of ether oxygens (including phenoxy) is 4. The summed E-state index contributed by atoms with van der Waals surface area (Å²) in [4.78, 5) is 39.2. The molecule has 5 atom stereocenters. The van der Waals surface area contributed by atoms with Crippen LogP contribution in [-0.4, -0.2) is 82.7 Å². The van der Waals surface area contributed by atoms with Gasteiger partial charge in [-0.3, -0.25) is 9.59 Å². The zero-order valence-electron chi connectivity index (χ0n) is 22.3. The normalized spacial score (nSPS) is 33.5. The number of aliphatic hydroxyl groups is 2. The van der Waals surface area contributed by atoms with Gasteiger partial charge < -0.3 is 39.4 Å². The first-order valence-corrected chi connectivity index (χ1v) is 13.4. The van der Waals surface area contributed by atoms with Crippen molar-refractivity contribution in [3.63, 3.8) is 0 Å². The van der Waals surface area contributed by atoms with Crippen LogP contribution in [0.15, 0.2) is 24.0 Å². The molecule has 3 heterocycles. The Morgan fingerprint density at radius 2 is 2.08 bits per heavy atom. The van der Waals surface area contributed by atoms with Gasteiger partial charge in [-0.15, -0.1) is 0 Å². The molecule has 6 rings (SSSR count). The fourth-order valence-electron chi connectivity index (χ4n) is 7.21. The van der Waals surface area contributed by atoms with Gasteiger partial charge in [-0.05, 0) is 38.1 Å². The van der Waals surface area contributed by atoms with Crippen LogP contribution in [0.1, 0.15) is 56.2 Å². The van der Waals surface area contributed by atoms with E-state index in [2.05, 4.69) is 10.2 Å². The van der Waals surface area contributed by atoms with Crippen molar-refractivity contribution in [3.8, 4) is 5.75 Å². The van der Waals surface area contributed by atoms with Gasteiger partial charge in [0.05, 0.1) is 30.5 Å². The van der Waals surface area contributed by atoms with Crippen LogP contribution in [0.2, 0.25) is 0 Å². The van der Waals surface area contributed by atoms with Crippen LogP contribution in [0, 0.1) is 0 Å². The Morgan fingerprint density at radius 1 is 1.28 bits per heavy atom. The fourth-order valence-corrected chi connectivity index (χ4v) is 7.21. The summed E-state index contributed by atoms with van der Waals surface area (Å²) in [6.45, 7) is 3.75. The van der Waals surface area contributed by atoms with Crippen LogP contribution < -0.4 is 10.1 Å². The summed E-state index contributed by atoms with van der Waals surface area (Å²) in [6, 6.07) is 3.75. The lowest BCUT2D eigenvalue weighted by molar-refractivity contribution is -0.169. The molecular weight excluding hydrogens is 508 g/mol. The highest BCUT2D eigenvalue weighted by Gasteiger charge is 2.71. The van der Waals surface area contributed by atoms with Crippen molar-refractivity contribution in [3.05, 3.63) is 40.7 Å². The maximum absolute atomic E-state index is 12.8. The third-order valence-electron chi connectivity index (χ3n) is 8.92. The van der Waals surface area contributed by atoms with Crippen LogP contribution in [0.4, 0.5) is 0 Å². The molecule has 0 saturated carbocycles. The van der Waals surface area contributed by atoms with Crippen molar-refractivity contribution < 1.29 is 43.5 Å². The van der Waals surface area contributed by atoms with E-state index in [1.54, 1.807) is 19.9 Å². The van der Waals surface area contributed by atoms with Crippen molar-refractivity contribution in [1.29, 1.82) is 0 Å². The molecule has 2 bridgehead atoms. The highest BCUT2D eigenvalue weighted by Crippen LogP contribution is 2.64. The Labute approximate surface area is 226 Å². The van der Waals surface area contributed by atoms with E-state index in [0.29, 0.717) is 36.3 Å². The number of carbonyl (C=O) groups is 3. The molecule has 39 heavy (non-hydrogen) atoms. The van der Waals surface area contributed by atoms with E-state index < -0.39 is 46.9 Å². The molecule has 3 aliphatic heterocycles. The predicted molar refractivity (Wildman–Crippen MR) is 134 cm³/mol. The zero-order chi connectivity index (χ0) is 27.7. The lowest BCUT2D eigenvalue weighted by Gasteiger charge is -2.61. The Bertz CT molecular complexity index is 1280. The molecular formula is C28H34N2O9. The second-order valence-corrected chi connectivity index (χ2v) is 11.6. The third kappa shape index (κ3) is 3.89. The van der Waals surface area contributed by atoms with Gasteiger partial charge >= 0.3 is 11.9 Å². The van der Waals surface area contributed by atoms with Gasteiger partial charge in [-0.1, -0.05) is 12.1 Å². The number of rotatable bonds is 7. The number of esters is 2. The number of nitrogens with zero attached hydrogens (tertiary/aromatic N) is 1. The van der Waals surface area contributed by atoms with Gasteiger partial charge in [0, 0.05) is 44.0 Å². The van der Waals surface area contributed by atoms with Gasteiger partial charge in [0.2, 0.25) is 11.7 Å². The van der Waals surface area contributed by atoms with E-state index in [9.17, 15) is 24.6 Å². The number of likely N-dealkylation sites (tertiary alicyclic amines) is 1. The first-order valence-electron chi connectivity index (χ1n) is 13.4. The molecule has 1 aromatic rings. The number of cyclic esters (lactones) is 1. The Hall–Kier alpha value is -2.99. The van der Waals surface area contributed by atoms with Crippen LogP contribution in [0.3, 0.4) is 0 Å². The fraction of sp³-hybridized carbons (Fsp3) is 0.607. The number of piperidine rings is 1. The SMILES string of the molecule is CN1CC[C@]23c4c5ccc(CO)c4O[C@H]2C(OC(=O)CCNC(=O)C[C@@H]2OC(C)(C)OC2=O)=CC[C@@]3(O)[C@H]1C5. The minimum Gasteiger partial charge on any atom is -0.481 e. The Kier molecular flexibility index (Phi) is 6.07. The van der Waals surface area contributed by atoms with Gasteiger partial charge in [0.25, 0.3) is 0 Å². The quantitative estimate of drug-likeness (QED) is 0.419. The first-order chi connectivity index (χ1) is 18.5. The Balaban J connectivity index is 1.15. The van der Waals surface area contributed by atoms with E-state index in [1.807, 2.05) is 19.2 Å². The van der Waals surface area contributed by atoms with E-state index >= 15 is 0 Å². The van der Waals surface area contributed by atoms with E-state index in [4.69, 9.17) is 18.9 Å². The number of amides is 1. The van der Waals surface area contributed by atoms with E-state index in [0.717, 1.165) is 17.7 Å². The second kappa shape index (κ2) is 9.02. The number of hydrogen-bond acceptors (Lipinski definition) is 10. The molecule has 5 aliphatic rings. The van der Waals surface area contributed by atoms with E-state index in [1.165, 1.54) is 0 Å². The minimum atomic E-state index is -1.11. The molecule has 1 aromatic carbocycles. The van der Waals surface area contributed by atoms with Crippen molar-refractivity contribution in [1.82, 2.24) is 10.2 Å². The minimum absolute atomic E-state index is 0.0165. The molecule has 0 radical (unpaired) electrons. The molecule has 0 unspecified atom stereocenters. The number of hydrogen-bond donors (Lipinski definition) is 3. The summed E-state index contributed by atoms with van der Waals surface area (Å²) in [5.74, 6) is -1.74. The lowest BCUT2D eigenvalue weighted by atomic mass is 9.50. The summed E-state index contributed by atoms with van der Waals surface area (Å²) < 4.78 is 22.7. The van der Waals surface area contributed by atoms with Gasteiger partial charge in [-0.25, -0.2) is 4.79 Å². The maximum Gasteiger partial charge on any atom is 0.338 e. The molecule has 2 aliphatic carbocycles. The number of aliphatic hydroxyl groups excluding tert-OH is 1. The van der Waals surface area contributed by atoms with Crippen molar-refractivity contribution >= 4 is 17.8 Å². The van der Waals surface area contributed by atoms with Crippen LogP contribution >= 0.6 is 0 Å². The molecule has 2 fully saturated rings. The summed E-state index contributed by atoms with van der Waals surface area (Å²) in [6.07, 6.45) is 1.33. The molecule has 11 heteroatoms. The highest BCUT2D eigenvalue weighted by molar-refractivity contribution is 5.85. The molecule has 1 spiro atoms. The van der Waals surface area contributed by atoms with Crippen molar-refractivity contribution in [2.45, 2.75) is 87.6 Å². The standard InChI is InChI=1S/C28H34N2O9/c1-26(2)38-18(25(34)39-26)13-20(32)29-10-7-21(33)36-17-6-8-28(35)19-12-15-4-5-16(14-31)23-22(15)27(28,24(17)37-23)9-11-30(19)3/h4-6,18-19,24,31,35H,7-14H2,1-3H3,(H,29,32)/t18-,19+,24-,27-,28+/m0/s1. The summed E-state index contributed by atoms with van der Waals surface area (Å²) in [7, 11) is 2.02. The highest BCUT2D eigenvalue weighted by atomic mass is 16.8. The lowest BCUT2D eigenvalue weighted by Crippen LogP contribution is -2.74. The monoisotopic (exact) mass is 542 g/mol. The third-order valence-corrected chi connectivity index (χ3v) is 8.92. The van der Waals surface area contributed by atoms with Crippen molar-refractivity contribution in [2.24, 2.45) is 0 Å². The molecule has 0 aromatic heterocycles. The summed E-state index contributed by atoms with van der Waals surface area (Å²) >= 11 is 0. The maximum atomic E-state index is 12.8. The average molecular weight is 543 g/mol. The molecule has 3 N–H and O–H groups in total.